The molecule has 0 aromatic heterocycles. The maximum atomic E-state index is 12.9. The van der Waals surface area contributed by atoms with Crippen molar-refractivity contribution in [2.45, 2.75) is 12.8 Å². The van der Waals surface area contributed by atoms with Crippen molar-refractivity contribution < 1.29 is 39.0 Å². The number of benzene rings is 2. The molecule has 0 atom stereocenters. The first kappa shape index (κ1) is 34.8. The van der Waals surface area contributed by atoms with Crippen LogP contribution in [-0.4, -0.2) is 167 Å². The topological polar surface area (TPSA) is 162 Å². The van der Waals surface area contributed by atoms with Crippen LogP contribution in [0.4, 0.5) is 0 Å². The number of nitrogens with zero attached hydrogens (tertiary/aromatic N) is 6. The second kappa shape index (κ2) is 16.1. The van der Waals surface area contributed by atoms with E-state index in [4.69, 9.17) is 0 Å². The number of imide groups is 2. The molecule has 0 bridgehead atoms. The summed E-state index contributed by atoms with van der Waals surface area (Å²) in [5, 5.41) is 19.0. The monoisotopic (exact) mass is 662 g/mol. The molecule has 0 unspecified atom stereocenters. The molecule has 0 spiro atoms. The average Bonchev–Trinajstić information content (AvgIpc) is 3.45. The van der Waals surface area contributed by atoms with Gasteiger partial charge in [-0.2, -0.15) is 0 Å². The number of carboxylic acid groups (broad SMARTS) is 2. The summed E-state index contributed by atoms with van der Waals surface area (Å²) in [6, 6.07) is 13.6. The molecule has 256 valence electrons. The average molecular weight is 663 g/mol. The van der Waals surface area contributed by atoms with Crippen molar-refractivity contribution in [1.82, 2.24) is 29.4 Å². The maximum absolute atomic E-state index is 12.9. The van der Waals surface area contributed by atoms with E-state index in [1.807, 2.05) is 0 Å². The van der Waals surface area contributed by atoms with Crippen LogP contribution in [0.25, 0.3) is 0 Å². The third kappa shape index (κ3) is 8.50. The van der Waals surface area contributed by atoms with E-state index in [9.17, 15) is 39.0 Å². The summed E-state index contributed by atoms with van der Waals surface area (Å²) in [4.78, 5) is 85.2. The first-order chi connectivity index (χ1) is 23.1. The largest absolute Gasteiger partial charge is 0.480 e. The van der Waals surface area contributed by atoms with Crippen molar-refractivity contribution in [3.05, 3.63) is 70.8 Å². The Morgan fingerprint density at radius 3 is 1.00 bits per heavy atom. The Morgan fingerprint density at radius 2 is 0.729 bits per heavy atom. The normalized spacial score (nSPS) is 18.9. The molecule has 1 fully saturated rings. The zero-order valence-corrected chi connectivity index (χ0v) is 27.0. The zero-order valence-electron chi connectivity index (χ0n) is 27.0. The number of hydrogen-bond donors (Lipinski definition) is 2. The van der Waals surface area contributed by atoms with Gasteiger partial charge in [-0.3, -0.25) is 48.4 Å². The minimum Gasteiger partial charge on any atom is -0.480 e. The smallest absolute Gasteiger partial charge is 0.317 e. The van der Waals surface area contributed by atoms with E-state index in [1.165, 1.54) is 9.80 Å². The molecule has 1 saturated heterocycles. The minimum atomic E-state index is -0.965. The molecule has 48 heavy (non-hydrogen) atoms. The van der Waals surface area contributed by atoms with Crippen LogP contribution in [0.3, 0.4) is 0 Å². The lowest BCUT2D eigenvalue weighted by Gasteiger charge is -2.34. The van der Waals surface area contributed by atoms with Crippen molar-refractivity contribution in [2.24, 2.45) is 0 Å². The second-order valence-corrected chi connectivity index (χ2v) is 12.3. The highest BCUT2D eigenvalue weighted by atomic mass is 16.4. The Labute approximate surface area is 279 Å². The van der Waals surface area contributed by atoms with Gasteiger partial charge in [0, 0.05) is 65.4 Å². The van der Waals surface area contributed by atoms with Gasteiger partial charge in [-0.1, -0.05) is 24.3 Å². The number of carbonyl (C=O) groups excluding carboxylic acids is 4. The fourth-order valence-electron chi connectivity index (χ4n) is 6.51. The molecule has 2 N–H and O–H groups in total. The van der Waals surface area contributed by atoms with Gasteiger partial charge < -0.3 is 20.0 Å². The molecule has 3 heterocycles. The van der Waals surface area contributed by atoms with E-state index in [1.54, 1.807) is 58.3 Å². The van der Waals surface area contributed by atoms with Gasteiger partial charge in [0.1, 0.15) is 0 Å². The third-order valence-electron chi connectivity index (χ3n) is 9.12. The van der Waals surface area contributed by atoms with Crippen LogP contribution in [0.1, 0.15) is 54.3 Å². The zero-order chi connectivity index (χ0) is 34.2. The van der Waals surface area contributed by atoms with Crippen molar-refractivity contribution in [2.75, 3.05) is 91.6 Å². The van der Waals surface area contributed by atoms with Crippen LogP contribution in [0.2, 0.25) is 0 Å². The Bertz CT molecular complexity index is 1370. The van der Waals surface area contributed by atoms with E-state index in [-0.39, 0.29) is 49.8 Å². The molecule has 0 radical (unpaired) electrons. The Balaban J connectivity index is 1.22. The summed E-state index contributed by atoms with van der Waals surface area (Å²) in [5.41, 5.74) is 1.64. The van der Waals surface area contributed by atoms with Gasteiger partial charge >= 0.3 is 11.9 Å². The van der Waals surface area contributed by atoms with Crippen molar-refractivity contribution in [3.8, 4) is 0 Å². The number of aliphatic carboxylic acids is 2. The van der Waals surface area contributed by atoms with Crippen molar-refractivity contribution >= 4 is 35.6 Å². The third-order valence-corrected chi connectivity index (χ3v) is 9.12. The first-order valence-electron chi connectivity index (χ1n) is 16.4. The lowest BCUT2D eigenvalue weighted by Crippen LogP contribution is -2.48. The molecule has 0 saturated carbocycles. The highest BCUT2D eigenvalue weighted by molar-refractivity contribution is 6.22. The van der Waals surface area contributed by atoms with E-state index in [0.29, 0.717) is 101 Å². The highest BCUT2D eigenvalue weighted by Gasteiger charge is 2.36. The number of fused-ring (bicyclic) bond motifs is 2. The van der Waals surface area contributed by atoms with Gasteiger partial charge in [0.15, 0.2) is 0 Å². The van der Waals surface area contributed by atoms with Crippen LogP contribution in [-0.2, 0) is 9.59 Å². The van der Waals surface area contributed by atoms with Gasteiger partial charge in [-0.15, -0.1) is 0 Å². The molecular formula is C34H42N6O8. The van der Waals surface area contributed by atoms with Gasteiger partial charge in [0.05, 0.1) is 35.3 Å². The molecule has 2 aromatic rings. The number of rotatable bonds is 12. The maximum Gasteiger partial charge on any atom is 0.317 e. The van der Waals surface area contributed by atoms with E-state index in [2.05, 4.69) is 9.80 Å². The van der Waals surface area contributed by atoms with E-state index < -0.39 is 11.9 Å². The lowest BCUT2D eigenvalue weighted by molar-refractivity contribution is -0.140. The first-order valence-corrected chi connectivity index (χ1v) is 16.4. The highest BCUT2D eigenvalue weighted by Crippen LogP contribution is 2.23. The quantitative estimate of drug-likeness (QED) is 0.307. The van der Waals surface area contributed by atoms with Gasteiger partial charge in [0.25, 0.3) is 23.6 Å². The molecular weight excluding hydrogens is 620 g/mol. The van der Waals surface area contributed by atoms with Crippen molar-refractivity contribution in [3.63, 3.8) is 0 Å². The Morgan fingerprint density at radius 1 is 0.458 bits per heavy atom. The summed E-state index contributed by atoms with van der Waals surface area (Å²) >= 11 is 0. The summed E-state index contributed by atoms with van der Waals surface area (Å²) in [6.45, 7) is 5.25. The van der Waals surface area contributed by atoms with Gasteiger partial charge in [0.2, 0.25) is 0 Å². The molecule has 3 aliphatic heterocycles. The molecule has 14 heteroatoms. The Kier molecular flexibility index (Phi) is 11.7. The molecule has 2 aromatic carbocycles. The number of hydrogen-bond acceptors (Lipinski definition) is 10. The predicted molar refractivity (Wildman–Crippen MR) is 174 cm³/mol. The summed E-state index contributed by atoms with van der Waals surface area (Å²) in [5.74, 6) is -3.13. The van der Waals surface area contributed by atoms with E-state index in [0.717, 1.165) is 0 Å². The standard InChI is InChI=1S/C34H42N6O8/c41-29(42)23-37-19-17-35(11-5-13-39-31(45)25-7-1-2-8-26(25)32(39)46)15-16-36(18-20-38(22-21-37)24-30(43)44)12-6-14-40-33(47)27-9-3-4-10-28(27)34(40)48/h1-4,7-10H,5-6,11-24H2,(H,41,42)(H,43,44). The van der Waals surface area contributed by atoms with Crippen LogP contribution in [0, 0.1) is 0 Å². The van der Waals surface area contributed by atoms with Crippen LogP contribution in [0.15, 0.2) is 48.5 Å². The van der Waals surface area contributed by atoms with Gasteiger partial charge in [-0.05, 0) is 50.2 Å². The lowest BCUT2D eigenvalue weighted by atomic mass is 10.1. The molecule has 0 aliphatic carbocycles. The summed E-state index contributed by atoms with van der Waals surface area (Å²) in [7, 11) is 0. The Hall–Kier alpha value is -4.50. The fourth-order valence-corrected chi connectivity index (χ4v) is 6.51. The molecule has 5 rings (SSSR count). The SMILES string of the molecule is O=C(O)CN1CCN(CCCN2C(=O)c3ccccc3C2=O)CCN(CCCN2C(=O)c3ccccc3C2=O)CCN(CC(=O)O)CC1. The molecule has 14 nitrogen and oxygen atoms in total. The van der Waals surface area contributed by atoms with E-state index >= 15 is 0 Å². The summed E-state index contributed by atoms with van der Waals surface area (Å²) < 4.78 is 0. The summed E-state index contributed by atoms with van der Waals surface area (Å²) in [6.07, 6.45) is 1.08. The second-order valence-electron chi connectivity index (χ2n) is 12.3. The van der Waals surface area contributed by atoms with Crippen LogP contribution in [0.5, 0.6) is 0 Å². The van der Waals surface area contributed by atoms with Crippen LogP contribution >= 0.6 is 0 Å². The number of carboxylic acids is 2. The molecule has 4 amide bonds. The van der Waals surface area contributed by atoms with Crippen molar-refractivity contribution in [1.29, 1.82) is 0 Å². The fraction of sp³-hybridized carbons (Fsp3) is 0.471. The minimum absolute atomic E-state index is 0.173. The number of amides is 4. The predicted octanol–water partition coefficient (Wildman–Crippen LogP) is 0.750. The molecule has 3 aliphatic rings. The van der Waals surface area contributed by atoms with Crippen LogP contribution < -0.4 is 0 Å². The number of carbonyl (C=O) groups is 6. The van der Waals surface area contributed by atoms with Gasteiger partial charge in [-0.25, -0.2) is 0 Å².